The SMILES string of the molecule is C=CCN(CC=C)C(=S)SSC(C)C. The Balaban J connectivity index is 4.00. The van der Waals surface area contributed by atoms with E-state index in [2.05, 4.69) is 31.9 Å². The molecule has 0 spiro atoms. The maximum absolute atomic E-state index is 5.30. The fraction of sp³-hybridized carbons (Fsp3) is 0.500. The number of rotatable bonds is 6. The van der Waals surface area contributed by atoms with E-state index < -0.39 is 0 Å². The Morgan fingerprint density at radius 1 is 1.36 bits per heavy atom. The van der Waals surface area contributed by atoms with Crippen molar-refractivity contribution in [3.05, 3.63) is 25.3 Å². The van der Waals surface area contributed by atoms with Gasteiger partial charge in [-0.25, -0.2) is 0 Å². The van der Waals surface area contributed by atoms with E-state index in [0.29, 0.717) is 5.25 Å². The van der Waals surface area contributed by atoms with Crippen LogP contribution in [0.25, 0.3) is 0 Å². The van der Waals surface area contributed by atoms with Crippen molar-refractivity contribution in [3.63, 3.8) is 0 Å². The summed E-state index contributed by atoms with van der Waals surface area (Å²) in [6, 6.07) is 0. The highest BCUT2D eigenvalue weighted by Gasteiger charge is 2.08. The molecule has 80 valence electrons. The lowest BCUT2D eigenvalue weighted by Crippen LogP contribution is -2.27. The normalized spacial score (nSPS) is 9.93. The first kappa shape index (κ1) is 14.1. The second-order valence-electron chi connectivity index (χ2n) is 2.98. The predicted octanol–water partition coefficient (Wildman–Crippen LogP) is 3.74. The molecule has 0 amide bonds. The highest BCUT2D eigenvalue weighted by Crippen LogP contribution is 2.29. The number of hydrogen-bond donors (Lipinski definition) is 0. The quantitative estimate of drug-likeness (QED) is 0.399. The summed E-state index contributed by atoms with van der Waals surface area (Å²) >= 11 is 5.30. The van der Waals surface area contributed by atoms with Gasteiger partial charge in [0, 0.05) is 18.3 Å². The van der Waals surface area contributed by atoms with Crippen LogP contribution in [-0.4, -0.2) is 27.6 Å². The van der Waals surface area contributed by atoms with Crippen molar-refractivity contribution < 1.29 is 0 Å². The molecule has 1 nitrogen and oxygen atoms in total. The van der Waals surface area contributed by atoms with Crippen LogP contribution in [0.4, 0.5) is 0 Å². The number of thiocarbonyl (C=S) groups is 1. The first-order valence-electron chi connectivity index (χ1n) is 4.45. The highest BCUT2D eigenvalue weighted by molar-refractivity contribution is 8.83. The minimum Gasteiger partial charge on any atom is -0.349 e. The lowest BCUT2D eigenvalue weighted by Gasteiger charge is -2.21. The summed E-state index contributed by atoms with van der Waals surface area (Å²) in [6.45, 7) is 13.3. The Morgan fingerprint density at radius 3 is 2.21 bits per heavy atom. The van der Waals surface area contributed by atoms with E-state index in [9.17, 15) is 0 Å². The van der Waals surface area contributed by atoms with Gasteiger partial charge < -0.3 is 4.90 Å². The van der Waals surface area contributed by atoms with Crippen molar-refractivity contribution in [2.45, 2.75) is 19.1 Å². The molecule has 0 rings (SSSR count). The summed E-state index contributed by atoms with van der Waals surface area (Å²) < 4.78 is 0.906. The van der Waals surface area contributed by atoms with Crippen LogP contribution in [0.15, 0.2) is 25.3 Å². The van der Waals surface area contributed by atoms with Crippen LogP contribution in [0, 0.1) is 0 Å². The van der Waals surface area contributed by atoms with Gasteiger partial charge in [0.05, 0.1) is 0 Å². The molecule has 0 atom stereocenters. The summed E-state index contributed by atoms with van der Waals surface area (Å²) in [5.74, 6) is 0. The molecule has 0 saturated heterocycles. The summed E-state index contributed by atoms with van der Waals surface area (Å²) in [4.78, 5) is 2.08. The van der Waals surface area contributed by atoms with Gasteiger partial charge in [0.1, 0.15) is 4.32 Å². The van der Waals surface area contributed by atoms with Crippen LogP contribution < -0.4 is 0 Å². The zero-order valence-electron chi connectivity index (χ0n) is 8.73. The Kier molecular flexibility index (Phi) is 8.43. The van der Waals surface area contributed by atoms with E-state index in [1.807, 2.05) is 12.2 Å². The average molecular weight is 247 g/mol. The molecule has 0 aromatic rings. The molecule has 0 bridgehead atoms. The van der Waals surface area contributed by atoms with Crippen molar-refractivity contribution in [1.29, 1.82) is 0 Å². The van der Waals surface area contributed by atoms with Gasteiger partial charge in [0.2, 0.25) is 0 Å². The van der Waals surface area contributed by atoms with E-state index in [0.717, 1.165) is 17.4 Å². The highest BCUT2D eigenvalue weighted by atomic mass is 33.1. The average Bonchev–Trinajstić information content (AvgIpc) is 2.14. The maximum Gasteiger partial charge on any atom is 0.147 e. The lowest BCUT2D eigenvalue weighted by molar-refractivity contribution is 0.533. The van der Waals surface area contributed by atoms with Crippen molar-refractivity contribution in [3.8, 4) is 0 Å². The predicted molar refractivity (Wildman–Crippen MR) is 74.9 cm³/mol. The molecule has 4 heteroatoms. The molecule has 0 radical (unpaired) electrons. The van der Waals surface area contributed by atoms with Gasteiger partial charge in [-0.2, -0.15) is 0 Å². The largest absolute Gasteiger partial charge is 0.349 e. The maximum atomic E-state index is 5.30. The minimum absolute atomic E-state index is 0.590. The van der Waals surface area contributed by atoms with E-state index >= 15 is 0 Å². The summed E-state index contributed by atoms with van der Waals surface area (Å²) in [5.41, 5.74) is 0. The van der Waals surface area contributed by atoms with E-state index in [1.165, 1.54) is 0 Å². The van der Waals surface area contributed by atoms with Crippen LogP contribution in [0.3, 0.4) is 0 Å². The molecular formula is C10H17NS3. The van der Waals surface area contributed by atoms with Crippen LogP contribution in [0.1, 0.15) is 13.8 Å². The van der Waals surface area contributed by atoms with Gasteiger partial charge in [-0.15, -0.1) is 13.2 Å². The van der Waals surface area contributed by atoms with Crippen molar-refractivity contribution >= 4 is 38.1 Å². The first-order valence-corrected chi connectivity index (χ1v) is 7.08. The van der Waals surface area contributed by atoms with Crippen molar-refractivity contribution in [2.75, 3.05) is 13.1 Å². The lowest BCUT2D eigenvalue weighted by atomic mass is 10.5. The molecule has 0 fully saturated rings. The molecule has 0 aliphatic rings. The van der Waals surface area contributed by atoms with E-state index in [4.69, 9.17) is 12.2 Å². The second kappa shape index (κ2) is 8.38. The van der Waals surface area contributed by atoms with E-state index in [-0.39, 0.29) is 0 Å². The molecule has 0 aromatic carbocycles. The fourth-order valence-electron chi connectivity index (χ4n) is 0.725. The molecule has 0 saturated carbocycles. The van der Waals surface area contributed by atoms with Gasteiger partial charge in [0.25, 0.3) is 0 Å². The monoisotopic (exact) mass is 247 g/mol. The van der Waals surface area contributed by atoms with Crippen molar-refractivity contribution in [1.82, 2.24) is 4.90 Å². The Morgan fingerprint density at radius 2 is 1.86 bits per heavy atom. The molecule has 14 heavy (non-hydrogen) atoms. The summed E-state index contributed by atoms with van der Waals surface area (Å²) in [5, 5.41) is 0.590. The van der Waals surface area contributed by atoms with Gasteiger partial charge in [-0.1, -0.05) is 49.0 Å². The summed E-state index contributed by atoms with van der Waals surface area (Å²) in [6.07, 6.45) is 3.72. The molecule has 0 N–H and O–H groups in total. The zero-order valence-corrected chi connectivity index (χ0v) is 11.2. The molecule has 0 aromatic heterocycles. The smallest absolute Gasteiger partial charge is 0.147 e. The number of nitrogens with zero attached hydrogens (tertiary/aromatic N) is 1. The van der Waals surface area contributed by atoms with Crippen LogP contribution >= 0.6 is 33.8 Å². The molecule has 0 aliphatic heterocycles. The molecule has 0 unspecified atom stereocenters. The summed E-state index contributed by atoms with van der Waals surface area (Å²) in [7, 11) is 3.44. The minimum atomic E-state index is 0.590. The van der Waals surface area contributed by atoms with Gasteiger partial charge in [-0.3, -0.25) is 0 Å². The third kappa shape index (κ3) is 6.51. The molecular weight excluding hydrogens is 230 g/mol. The molecule has 0 heterocycles. The van der Waals surface area contributed by atoms with Gasteiger partial charge in [0.15, 0.2) is 0 Å². The Labute approximate surface area is 100 Å². The van der Waals surface area contributed by atoms with Gasteiger partial charge >= 0.3 is 0 Å². The van der Waals surface area contributed by atoms with Crippen LogP contribution in [0.5, 0.6) is 0 Å². The van der Waals surface area contributed by atoms with E-state index in [1.54, 1.807) is 21.6 Å². The number of hydrogen-bond acceptors (Lipinski definition) is 3. The van der Waals surface area contributed by atoms with Crippen LogP contribution in [-0.2, 0) is 0 Å². The first-order chi connectivity index (χ1) is 6.61. The molecule has 0 aliphatic carbocycles. The topological polar surface area (TPSA) is 3.24 Å². The fourth-order valence-corrected chi connectivity index (χ4v) is 2.90. The third-order valence-corrected chi connectivity index (χ3v) is 4.89. The standard InChI is InChI=1S/C10H17NS3/c1-5-7-11(8-6-2)10(12)14-13-9(3)4/h5-6,9H,1-2,7-8H2,3-4H3. The second-order valence-corrected chi connectivity index (χ2v) is 6.39. The van der Waals surface area contributed by atoms with Gasteiger partial charge in [-0.05, 0) is 10.8 Å². The Hall–Kier alpha value is 0.0700. The Bertz CT molecular complexity index is 192. The van der Waals surface area contributed by atoms with Crippen LogP contribution in [0.2, 0.25) is 0 Å². The van der Waals surface area contributed by atoms with Crippen molar-refractivity contribution in [2.24, 2.45) is 0 Å². The zero-order chi connectivity index (χ0) is 11.0. The third-order valence-electron chi connectivity index (χ3n) is 1.27.